The van der Waals surface area contributed by atoms with Crippen molar-refractivity contribution in [2.24, 2.45) is 5.14 Å². The van der Waals surface area contributed by atoms with Crippen LogP contribution >= 0.6 is 0 Å². The van der Waals surface area contributed by atoms with Crippen molar-refractivity contribution in [3.8, 4) is 23.3 Å². The minimum atomic E-state index is -4.26. The van der Waals surface area contributed by atoms with Crippen LogP contribution in [0.5, 0.6) is 11.5 Å². The summed E-state index contributed by atoms with van der Waals surface area (Å²) < 4.78 is 81.6. The van der Waals surface area contributed by atoms with Gasteiger partial charge >= 0.3 is 5.97 Å². The molecule has 2 aromatic carbocycles. The third-order valence-corrected chi connectivity index (χ3v) is 13.5. The lowest BCUT2D eigenvalue weighted by molar-refractivity contribution is -0.699. The number of aliphatic carboxylic acids is 1. The van der Waals surface area contributed by atoms with Crippen LogP contribution in [0.15, 0.2) is 61.0 Å². The van der Waals surface area contributed by atoms with E-state index in [0.717, 1.165) is 4.90 Å². The summed E-state index contributed by atoms with van der Waals surface area (Å²) in [5.74, 6) is 0.315. The van der Waals surface area contributed by atoms with Gasteiger partial charge in [-0.25, -0.2) is 18.9 Å². The number of fused-ring (bicyclic) bond motifs is 1. The van der Waals surface area contributed by atoms with E-state index in [4.69, 9.17) is 44.0 Å². The average molecular weight is 1170 g/mol. The number of carbonyl (C=O) groups is 5. The molecular weight excluding hydrogens is 1110 g/mol. The molecule has 0 radical (unpaired) electrons. The van der Waals surface area contributed by atoms with Crippen LogP contribution in [0, 0.1) is 25.1 Å². The van der Waals surface area contributed by atoms with Crippen molar-refractivity contribution >= 4 is 56.9 Å². The fourth-order valence-electron chi connectivity index (χ4n) is 8.94. The van der Waals surface area contributed by atoms with Gasteiger partial charge in [-0.1, -0.05) is 30.0 Å². The number of nitrogen functional groups attached to an aromatic ring is 1. The Morgan fingerprint density at radius 2 is 1.56 bits per heavy atom. The van der Waals surface area contributed by atoms with Crippen LogP contribution in [0.2, 0.25) is 0 Å². The molecule has 30 heteroatoms. The second kappa shape index (κ2) is 29.2. The highest BCUT2D eigenvalue weighted by Crippen LogP contribution is 2.43. The molecule has 28 nitrogen and oxygen atoms in total. The Kier molecular flexibility index (Phi) is 22.9. The lowest BCUT2D eigenvalue weighted by atomic mass is 9.94. The van der Waals surface area contributed by atoms with E-state index in [2.05, 4.69) is 32.2 Å². The Hall–Kier alpha value is -7.09. The van der Waals surface area contributed by atoms with Crippen molar-refractivity contribution in [1.29, 1.82) is 0 Å². The van der Waals surface area contributed by atoms with E-state index in [1.165, 1.54) is 54.9 Å². The first kappa shape index (κ1) is 64.1. The molecule has 0 saturated carbocycles. The predicted molar refractivity (Wildman–Crippen MR) is 282 cm³/mol. The third kappa shape index (κ3) is 16.3. The molecule has 82 heavy (non-hydrogen) atoms. The van der Waals surface area contributed by atoms with Crippen molar-refractivity contribution in [3.63, 3.8) is 0 Å². The zero-order valence-corrected chi connectivity index (χ0v) is 45.2. The number of aromatic nitrogens is 2. The highest BCUT2D eigenvalue weighted by molar-refractivity contribution is 7.87. The Bertz CT molecular complexity index is 3030. The van der Waals surface area contributed by atoms with Crippen LogP contribution in [-0.2, 0) is 64.4 Å². The summed E-state index contributed by atoms with van der Waals surface area (Å²) in [7, 11) is -4.26. The van der Waals surface area contributed by atoms with E-state index in [0.29, 0.717) is 11.3 Å². The molecule has 13 N–H and O–H groups in total. The van der Waals surface area contributed by atoms with Crippen LogP contribution in [-0.4, -0.2) is 200 Å². The van der Waals surface area contributed by atoms with Gasteiger partial charge in [0.1, 0.15) is 83.4 Å². The minimum absolute atomic E-state index is 0. The summed E-state index contributed by atoms with van der Waals surface area (Å²) in [6, 6.07) is 8.42. The Balaban J connectivity index is 0.0000108. The number of nitrogens with one attached hydrogen (secondary N) is 3. The highest BCUT2D eigenvalue weighted by atomic mass is 32.2. The molecule has 10 atom stereocenters. The first-order valence-electron chi connectivity index (χ1n) is 25.3. The monoisotopic (exact) mass is 1170 g/mol. The second-order valence-corrected chi connectivity index (χ2v) is 19.9. The van der Waals surface area contributed by atoms with Crippen molar-refractivity contribution in [2.75, 3.05) is 76.9 Å². The van der Waals surface area contributed by atoms with Gasteiger partial charge in [0.15, 0.2) is 6.10 Å². The Morgan fingerprint density at radius 3 is 2.24 bits per heavy atom. The Labute approximate surface area is 469 Å². The number of amides is 4. The van der Waals surface area contributed by atoms with Crippen LogP contribution < -0.4 is 40.3 Å². The molecule has 1 unspecified atom stereocenters. The SMILES string of the molecule is CCOc1cccc(F)c1C#CC1=CC([C@@H]2O[C@H](CNS(N)(=O)=O)[C@@H](O)[C@H]2O)c2c1c(N)nc[n+]2Cc1ccc(O[C@@H]2O[C@H](C(=O)O)[C@@H](O)[C@H](O)[C@H]2O)c(NC(=O)CCNC(=O)CCOCCOCCOCCN2C(=O)C=CC2=O)c1.[CH3-]. The maximum atomic E-state index is 15.2. The van der Waals surface area contributed by atoms with Crippen molar-refractivity contribution < 1.29 is 105 Å². The van der Waals surface area contributed by atoms with Crippen LogP contribution in [0.25, 0.3) is 5.57 Å². The van der Waals surface area contributed by atoms with Crippen LogP contribution in [0.1, 0.15) is 48.1 Å². The number of aliphatic hydroxyl groups excluding tert-OH is 5. The quantitative estimate of drug-likeness (QED) is 0.0118. The first-order valence-corrected chi connectivity index (χ1v) is 26.9. The number of hydrogen-bond donors (Lipinski definition) is 11. The molecule has 1 aliphatic carbocycles. The van der Waals surface area contributed by atoms with Crippen molar-refractivity contribution in [2.45, 2.75) is 87.3 Å². The topological polar surface area (TPSA) is 414 Å². The first-order chi connectivity index (χ1) is 38.6. The number of hydrogen-bond acceptors (Lipinski definition) is 21. The van der Waals surface area contributed by atoms with Gasteiger partial charge in [0, 0.05) is 43.7 Å². The number of allylic oxidation sites excluding steroid dienone is 1. The summed E-state index contributed by atoms with van der Waals surface area (Å²) in [4.78, 5) is 66.8. The van der Waals surface area contributed by atoms with E-state index in [-0.39, 0.29) is 126 Å². The standard InChI is InChI=1S/C51H61FN8O20S.CH3/c1-2-77-33-5-3-4-31(52)29(33)8-7-28-23-30(47-44(67)42(65)35(78-47)24-57-81(54,72)73)41-40(28)49(53)56-26-59(41)25-27-6-9-34(79-51-46(69)43(66)45(68)48(80-51)50(70)71)32(22-27)58-37(62)12-14-55-36(61)13-16-74-18-20-76-21-19-75-17-15-60-38(63)10-11-39(60)64;/h3-6,9-11,22-23,26,30,35,42-48,51,53,57,65-69H,2,12-21,24-25H2,1H3,(H5,54,55,58,61,62,70,71,72,73);1H3/q;-1/p+1/t30?,35-,42-,43+,44-,45+,46-,47+,48+,51-;/m1./s1. The summed E-state index contributed by atoms with van der Waals surface area (Å²) in [5.41, 5.74) is 7.46. The van der Waals surface area contributed by atoms with Gasteiger partial charge in [0.25, 0.3) is 28.4 Å². The largest absolute Gasteiger partial charge is 0.492 e. The van der Waals surface area contributed by atoms with Gasteiger partial charge in [-0.15, -0.1) is 0 Å². The zero-order chi connectivity index (χ0) is 58.5. The molecule has 4 heterocycles. The smallest absolute Gasteiger partial charge is 0.335 e. The number of imide groups is 1. The van der Waals surface area contributed by atoms with Crippen molar-refractivity contribution in [3.05, 3.63) is 96.6 Å². The number of carbonyl (C=O) groups excluding carboxylic acids is 4. The molecule has 1 aromatic heterocycles. The molecule has 7 rings (SSSR count). The molecule has 3 aliphatic heterocycles. The van der Waals surface area contributed by atoms with E-state index in [1.807, 2.05) is 0 Å². The number of nitrogens with two attached hydrogens (primary N) is 2. The molecule has 2 fully saturated rings. The van der Waals surface area contributed by atoms with E-state index in [1.54, 1.807) is 17.6 Å². The average Bonchev–Trinajstić information content (AvgIpc) is 2.47. The van der Waals surface area contributed by atoms with Gasteiger partial charge in [-0.05, 0) is 41.7 Å². The molecule has 0 bridgehead atoms. The second-order valence-electron chi connectivity index (χ2n) is 18.5. The number of rotatable bonds is 27. The van der Waals surface area contributed by atoms with Crippen LogP contribution in [0.3, 0.4) is 0 Å². The highest BCUT2D eigenvalue weighted by Gasteiger charge is 2.51. The number of carboxylic acids is 1. The van der Waals surface area contributed by atoms with Crippen LogP contribution in [0.4, 0.5) is 15.9 Å². The molecule has 4 aliphatic rings. The third-order valence-electron chi connectivity index (χ3n) is 12.9. The Morgan fingerprint density at radius 1 is 0.866 bits per heavy atom. The number of ether oxygens (including phenoxy) is 7. The molecule has 446 valence electrons. The number of carboxylic acid groups (broad SMARTS) is 1. The fourth-order valence-corrected chi connectivity index (χ4v) is 9.34. The summed E-state index contributed by atoms with van der Waals surface area (Å²) in [6.45, 7) is 2.16. The number of aliphatic hydroxyl groups is 5. The predicted octanol–water partition coefficient (Wildman–Crippen LogP) is -3.12. The van der Waals surface area contributed by atoms with Gasteiger partial charge in [-0.3, -0.25) is 24.1 Å². The fraction of sp³-hybridized carbons (Fsp3) is 0.462. The summed E-state index contributed by atoms with van der Waals surface area (Å²) in [5, 5.41) is 74.3. The van der Waals surface area contributed by atoms with E-state index < -0.39 is 113 Å². The maximum absolute atomic E-state index is 15.2. The van der Waals surface area contributed by atoms with Gasteiger partial charge in [0.2, 0.25) is 23.9 Å². The normalized spacial score (nSPS) is 23.8. The summed E-state index contributed by atoms with van der Waals surface area (Å²) >= 11 is 0. The molecule has 4 amide bonds. The lowest BCUT2D eigenvalue weighted by Gasteiger charge is -2.38. The van der Waals surface area contributed by atoms with Gasteiger partial charge in [-0.2, -0.15) is 13.1 Å². The van der Waals surface area contributed by atoms with Crippen molar-refractivity contribution in [1.82, 2.24) is 19.9 Å². The molecule has 0 spiro atoms. The maximum Gasteiger partial charge on any atom is 0.335 e. The molecular formula is C52H65FN8O20S. The number of anilines is 2. The van der Waals surface area contributed by atoms with Gasteiger partial charge < -0.3 is 87.6 Å². The van der Waals surface area contributed by atoms with E-state index in [9.17, 15) is 63.0 Å². The zero-order valence-electron chi connectivity index (χ0n) is 44.4. The molecule has 2 saturated heterocycles. The minimum Gasteiger partial charge on any atom is -0.492 e. The number of nitrogens with zero attached hydrogens (tertiary/aromatic N) is 3. The number of benzene rings is 2. The molecule has 3 aromatic rings. The van der Waals surface area contributed by atoms with Gasteiger partial charge in [0.05, 0.1) is 64.4 Å². The summed E-state index contributed by atoms with van der Waals surface area (Å²) in [6.07, 6.45) is -11.0. The lowest BCUT2D eigenvalue weighted by Crippen LogP contribution is -2.61. The van der Waals surface area contributed by atoms with E-state index >= 15 is 4.39 Å². The number of halogens is 1.